The molecule has 0 amide bonds. The van der Waals surface area contributed by atoms with E-state index in [0.717, 1.165) is 49.8 Å². The van der Waals surface area contributed by atoms with E-state index in [1.54, 1.807) is 11.3 Å². The van der Waals surface area contributed by atoms with Crippen LogP contribution in [0.4, 0.5) is 5.00 Å². The molecule has 25 heavy (non-hydrogen) atoms. The number of guanidine groups is 1. The molecule has 0 aliphatic carbocycles. The summed E-state index contributed by atoms with van der Waals surface area (Å²) in [5.74, 6) is 0.959. The van der Waals surface area contributed by atoms with Crippen LogP contribution in [0, 0.1) is 0 Å². The van der Waals surface area contributed by atoms with Crippen molar-refractivity contribution in [2.45, 2.75) is 20.1 Å². The molecule has 1 aliphatic rings. The summed E-state index contributed by atoms with van der Waals surface area (Å²) in [5.41, 5.74) is 2.03. The van der Waals surface area contributed by atoms with Crippen molar-refractivity contribution in [2.24, 2.45) is 4.99 Å². The number of anilines is 1. The molecule has 5 nitrogen and oxygen atoms in total. The summed E-state index contributed by atoms with van der Waals surface area (Å²) >= 11 is 1.80. The van der Waals surface area contributed by atoms with Crippen molar-refractivity contribution >= 4 is 22.3 Å². The van der Waals surface area contributed by atoms with Crippen LogP contribution in [0.2, 0.25) is 0 Å². The monoisotopic (exact) mass is 358 g/mol. The molecule has 1 aromatic heterocycles. The molecular formula is C19H26N4OS. The highest BCUT2D eigenvalue weighted by atomic mass is 32.1. The van der Waals surface area contributed by atoms with Crippen LogP contribution in [-0.4, -0.2) is 48.7 Å². The fourth-order valence-corrected chi connectivity index (χ4v) is 3.83. The van der Waals surface area contributed by atoms with E-state index in [0.29, 0.717) is 6.54 Å². The third-order valence-corrected chi connectivity index (χ3v) is 5.35. The van der Waals surface area contributed by atoms with Gasteiger partial charge in [0.1, 0.15) is 0 Å². The zero-order valence-electron chi connectivity index (χ0n) is 14.7. The molecule has 0 atom stereocenters. The maximum atomic E-state index is 9.48. The largest absolute Gasteiger partial charge is 0.392 e. The summed E-state index contributed by atoms with van der Waals surface area (Å²) < 4.78 is 0. The zero-order valence-corrected chi connectivity index (χ0v) is 15.5. The van der Waals surface area contributed by atoms with Gasteiger partial charge in [0.2, 0.25) is 0 Å². The highest BCUT2D eigenvalue weighted by Gasteiger charge is 2.20. The van der Waals surface area contributed by atoms with Gasteiger partial charge in [-0.1, -0.05) is 24.3 Å². The number of rotatable bonds is 5. The van der Waals surface area contributed by atoms with E-state index in [-0.39, 0.29) is 6.61 Å². The predicted molar refractivity (Wildman–Crippen MR) is 105 cm³/mol. The summed E-state index contributed by atoms with van der Waals surface area (Å²) in [4.78, 5) is 9.57. The Morgan fingerprint density at radius 2 is 1.88 bits per heavy atom. The number of aliphatic hydroxyl groups is 1. The fourth-order valence-electron chi connectivity index (χ4n) is 3.04. The molecule has 1 aliphatic heterocycles. The van der Waals surface area contributed by atoms with Crippen LogP contribution in [0.3, 0.4) is 0 Å². The Labute approximate surface area is 153 Å². The lowest BCUT2D eigenvalue weighted by molar-refractivity contribution is 0.280. The van der Waals surface area contributed by atoms with Gasteiger partial charge in [-0.2, -0.15) is 0 Å². The van der Waals surface area contributed by atoms with E-state index in [1.165, 1.54) is 5.00 Å². The summed E-state index contributed by atoms with van der Waals surface area (Å²) in [5, 5.41) is 16.4. The number of benzene rings is 1. The van der Waals surface area contributed by atoms with E-state index in [1.807, 2.05) is 24.3 Å². The lowest BCUT2D eigenvalue weighted by Gasteiger charge is -2.37. The Balaban J connectivity index is 1.65. The minimum Gasteiger partial charge on any atom is -0.392 e. The summed E-state index contributed by atoms with van der Waals surface area (Å²) in [6.07, 6.45) is 0. The molecule has 2 aromatic rings. The van der Waals surface area contributed by atoms with Crippen molar-refractivity contribution < 1.29 is 5.11 Å². The number of piperazine rings is 1. The number of nitrogens with zero attached hydrogens (tertiary/aromatic N) is 3. The average Bonchev–Trinajstić information content (AvgIpc) is 3.20. The van der Waals surface area contributed by atoms with Gasteiger partial charge in [-0.3, -0.25) is 0 Å². The van der Waals surface area contributed by atoms with E-state index in [2.05, 4.69) is 39.6 Å². The first kappa shape index (κ1) is 17.8. The molecule has 1 aromatic carbocycles. The number of thiophene rings is 1. The maximum absolute atomic E-state index is 9.48. The Bertz CT molecular complexity index is 678. The summed E-state index contributed by atoms with van der Waals surface area (Å²) in [7, 11) is 0. The van der Waals surface area contributed by atoms with Crippen LogP contribution in [-0.2, 0) is 13.2 Å². The van der Waals surface area contributed by atoms with E-state index in [4.69, 9.17) is 4.99 Å². The van der Waals surface area contributed by atoms with Crippen molar-refractivity contribution in [1.82, 2.24) is 10.2 Å². The van der Waals surface area contributed by atoms with Crippen LogP contribution in [0.5, 0.6) is 0 Å². The van der Waals surface area contributed by atoms with Crippen LogP contribution >= 0.6 is 11.3 Å². The Morgan fingerprint density at radius 3 is 2.52 bits per heavy atom. The minimum atomic E-state index is 0.0573. The van der Waals surface area contributed by atoms with Crippen LogP contribution in [0.25, 0.3) is 0 Å². The van der Waals surface area contributed by atoms with Crippen LogP contribution in [0.15, 0.2) is 46.8 Å². The second kappa shape index (κ2) is 8.87. The lowest BCUT2D eigenvalue weighted by atomic mass is 10.1. The number of hydrogen-bond acceptors (Lipinski definition) is 4. The van der Waals surface area contributed by atoms with Gasteiger partial charge in [0.05, 0.1) is 18.2 Å². The summed E-state index contributed by atoms with van der Waals surface area (Å²) in [6, 6.07) is 12.2. The fraction of sp³-hybridized carbons (Fsp3) is 0.421. The van der Waals surface area contributed by atoms with Gasteiger partial charge in [0, 0.05) is 32.7 Å². The van der Waals surface area contributed by atoms with Crippen molar-refractivity contribution in [3.05, 3.63) is 52.9 Å². The van der Waals surface area contributed by atoms with Gasteiger partial charge in [0.15, 0.2) is 5.96 Å². The number of nitrogens with one attached hydrogen (secondary N) is 1. The molecular weight excluding hydrogens is 332 g/mol. The van der Waals surface area contributed by atoms with Gasteiger partial charge < -0.3 is 20.2 Å². The second-order valence-corrected chi connectivity index (χ2v) is 6.95. The molecule has 0 spiro atoms. The molecule has 0 saturated carbocycles. The zero-order chi connectivity index (χ0) is 17.5. The lowest BCUT2D eigenvalue weighted by Crippen LogP contribution is -2.52. The molecule has 1 saturated heterocycles. The van der Waals surface area contributed by atoms with Crippen molar-refractivity contribution in [2.75, 3.05) is 37.6 Å². The topological polar surface area (TPSA) is 51.1 Å². The second-order valence-electron chi connectivity index (χ2n) is 6.02. The highest BCUT2D eigenvalue weighted by molar-refractivity contribution is 7.14. The highest BCUT2D eigenvalue weighted by Crippen LogP contribution is 2.22. The predicted octanol–water partition coefficient (Wildman–Crippen LogP) is 2.53. The first-order valence-electron chi connectivity index (χ1n) is 8.81. The quantitative estimate of drug-likeness (QED) is 0.637. The smallest absolute Gasteiger partial charge is 0.194 e. The minimum absolute atomic E-state index is 0.0573. The van der Waals surface area contributed by atoms with E-state index < -0.39 is 0 Å². The Morgan fingerprint density at radius 1 is 1.12 bits per heavy atom. The van der Waals surface area contributed by atoms with Gasteiger partial charge in [-0.15, -0.1) is 11.3 Å². The van der Waals surface area contributed by atoms with Gasteiger partial charge in [-0.25, -0.2) is 4.99 Å². The first-order chi connectivity index (χ1) is 12.3. The molecule has 6 heteroatoms. The van der Waals surface area contributed by atoms with Crippen LogP contribution < -0.4 is 10.2 Å². The van der Waals surface area contributed by atoms with Gasteiger partial charge in [0.25, 0.3) is 0 Å². The van der Waals surface area contributed by atoms with E-state index in [9.17, 15) is 5.11 Å². The van der Waals surface area contributed by atoms with Gasteiger partial charge in [-0.05, 0) is 35.6 Å². The third kappa shape index (κ3) is 4.52. The van der Waals surface area contributed by atoms with Crippen molar-refractivity contribution in [3.63, 3.8) is 0 Å². The molecule has 0 bridgehead atoms. The average molecular weight is 359 g/mol. The Hall–Kier alpha value is -2.05. The summed E-state index contributed by atoms with van der Waals surface area (Å²) in [6.45, 7) is 7.55. The molecule has 134 valence electrons. The standard InChI is InChI=1S/C19H26N4OS/c1-2-20-19(21-14-16-6-3-4-7-17(16)15-24)23-11-9-22(10-12-23)18-8-5-13-25-18/h3-8,13,24H,2,9-12,14-15H2,1H3,(H,20,21). The number of aliphatic hydroxyl groups excluding tert-OH is 1. The molecule has 2 heterocycles. The number of aliphatic imine (C=N–C) groups is 1. The third-order valence-electron chi connectivity index (χ3n) is 4.42. The van der Waals surface area contributed by atoms with Crippen LogP contribution in [0.1, 0.15) is 18.1 Å². The molecule has 1 fully saturated rings. The maximum Gasteiger partial charge on any atom is 0.194 e. The molecule has 0 radical (unpaired) electrons. The van der Waals surface area contributed by atoms with Crippen molar-refractivity contribution in [3.8, 4) is 0 Å². The molecule has 3 rings (SSSR count). The van der Waals surface area contributed by atoms with Gasteiger partial charge >= 0.3 is 0 Å². The van der Waals surface area contributed by atoms with Crippen molar-refractivity contribution in [1.29, 1.82) is 0 Å². The molecule has 0 unspecified atom stereocenters. The first-order valence-corrected chi connectivity index (χ1v) is 9.69. The van der Waals surface area contributed by atoms with E-state index >= 15 is 0 Å². The Kier molecular flexibility index (Phi) is 6.30. The number of hydrogen-bond donors (Lipinski definition) is 2. The molecule has 2 N–H and O–H groups in total. The normalized spacial score (nSPS) is 15.5. The SMILES string of the molecule is CCNC(=NCc1ccccc1CO)N1CCN(c2cccs2)CC1.